The summed E-state index contributed by atoms with van der Waals surface area (Å²) in [5, 5.41) is 32.2. The summed E-state index contributed by atoms with van der Waals surface area (Å²) in [4.78, 5) is 48.1. The summed E-state index contributed by atoms with van der Waals surface area (Å²) in [5.74, 6) is -2.47. The van der Waals surface area contributed by atoms with E-state index in [1.54, 1.807) is 0 Å². The Morgan fingerprint density at radius 2 is 0.672 bits per heavy atom. The highest BCUT2D eigenvalue weighted by molar-refractivity contribution is 5.74. The third-order valence-corrected chi connectivity index (χ3v) is 14.5. The number of nitrogens with zero attached hydrogens (tertiary/aromatic N) is 4. The van der Waals surface area contributed by atoms with Crippen molar-refractivity contribution in [2.75, 3.05) is 58.9 Å². The van der Waals surface area contributed by atoms with Crippen molar-refractivity contribution in [1.29, 1.82) is 0 Å². The normalized spacial score (nSPS) is 16.5. The number of unbranched alkanes of at least 4 members (excludes halogenated alkanes) is 17. The second-order valence-corrected chi connectivity index (χ2v) is 19.8. The summed E-state index contributed by atoms with van der Waals surface area (Å²) in [5.41, 5.74) is 5.03. The number of benzene rings is 2. The van der Waals surface area contributed by atoms with Gasteiger partial charge in [0.2, 0.25) is 0 Å². The van der Waals surface area contributed by atoms with Crippen LogP contribution in [0.1, 0.15) is 193 Å². The Kier molecular flexibility index (Phi) is 31.0. The minimum atomic E-state index is -0.850. The van der Waals surface area contributed by atoms with E-state index in [0.29, 0.717) is 71.6 Å². The highest BCUT2D eigenvalue weighted by atomic mass is 16.4. The zero-order valence-electron chi connectivity index (χ0n) is 43.0. The lowest BCUT2D eigenvalue weighted by molar-refractivity contribution is -0.147. The molecule has 10 heteroatoms. The molecular weight excluding hydrogens is 837 g/mol. The molecule has 380 valence electrons. The van der Waals surface area contributed by atoms with Crippen LogP contribution < -0.4 is 0 Å². The molecular formula is C57H96N4O6. The maximum Gasteiger partial charge on any atom is 0.320 e. The van der Waals surface area contributed by atoms with E-state index in [4.69, 9.17) is 0 Å². The van der Waals surface area contributed by atoms with Crippen LogP contribution in [0.5, 0.6) is 0 Å². The van der Waals surface area contributed by atoms with Gasteiger partial charge in [-0.3, -0.25) is 29.1 Å². The predicted molar refractivity (Wildman–Crippen MR) is 278 cm³/mol. The maximum atomic E-state index is 13.1. The predicted octanol–water partition coefficient (Wildman–Crippen LogP) is 12.5. The Morgan fingerprint density at radius 1 is 0.388 bits per heavy atom. The van der Waals surface area contributed by atoms with Crippen LogP contribution in [0.4, 0.5) is 0 Å². The van der Waals surface area contributed by atoms with Crippen molar-refractivity contribution in [1.82, 2.24) is 19.6 Å². The summed E-state index contributed by atoms with van der Waals surface area (Å²) < 4.78 is 0. The second-order valence-electron chi connectivity index (χ2n) is 19.8. The lowest BCUT2D eigenvalue weighted by Gasteiger charge is -2.39. The molecule has 3 rings (SSSR count). The monoisotopic (exact) mass is 933 g/mol. The molecule has 0 saturated carbocycles. The van der Waals surface area contributed by atoms with E-state index >= 15 is 0 Å². The van der Waals surface area contributed by atoms with Crippen molar-refractivity contribution < 1.29 is 29.7 Å². The fourth-order valence-electron chi connectivity index (χ4n) is 9.99. The van der Waals surface area contributed by atoms with Gasteiger partial charge in [-0.15, -0.1) is 0 Å². The van der Waals surface area contributed by atoms with Gasteiger partial charge in [0.05, 0.1) is 0 Å². The van der Waals surface area contributed by atoms with E-state index in [1.807, 2.05) is 4.90 Å². The molecule has 0 bridgehead atoms. The molecule has 3 atom stereocenters. The van der Waals surface area contributed by atoms with Crippen molar-refractivity contribution in [3.8, 4) is 11.1 Å². The first-order valence-electron chi connectivity index (χ1n) is 27.4. The van der Waals surface area contributed by atoms with E-state index in [0.717, 1.165) is 90.0 Å². The molecule has 2 aromatic rings. The summed E-state index contributed by atoms with van der Waals surface area (Å²) in [6, 6.07) is 15.8. The van der Waals surface area contributed by atoms with Crippen molar-refractivity contribution in [2.45, 2.75) is 213 Å². The van der Waals surface area contributed by atoms with Crippen LogP contribution in [-0.2, 0) is 27.2 Å². The third kappa shape index (κ3) is 23.7. The smallest absolute Gasteiger partial charge is 0.320 e. The molecule has 1 aliphatic rings. The SMILES string of the molecule is CCCCCCCCC(C(=O)O)N1CCN(CCc2ccc(-c3ccc(CCCCC)cc3)cc2)CCN(C(CCCCCCCC)C(=O)O)CCN(C(CCCCCCCC)C(=O)O)CC1. The number of aryl methyl sites for hydroxylation is 1. The molecule has 1 fully saturated rings. The van der Waals surface area contributed by atoms with Crippen molar-refractivity contribution in [2.24, 2.45) is 0 Å². The Morgan fingerprint density at radius 3 is 1.00 bits per heavy atom. The molecule has 1 heterocycles. The van der Waals surface area contributed by atoms with E-state index in [2.05, 4.69) is 90.9 Å². The lowest BCUT2D eigenvalue weighted by Crippen LogP contribution is -2.55. The van der Waals surface area contributed by atoms with Crippen LogP contribution >= 0.6 is 0 Å². The van der Waals surface area contributed by atoms with Crippen molar-refractivity contribution >= 4 is 17.9 Å². The molecule has 2 aromatic carbocycles. The van der Waals surface area contributed by atoms with Gasteiger partial charge < -0.3 is 20.2 Å². The number of carbonyl (C=O) groups is 3. The Hall–Kier alpha value is -3.31. The molecule has 1 aliphatic heterocycles. The van der Waals surface area contributed by atoms with E-state index < -0.39 is 36.0 Å². The number of carboxylic acid groups (broad SMARTS) is 3. The fraction of sp³-hybridized carbons (Fsp3) is 0.737. The minimum Gasteiger partial charge on any atom is -0.480 e. The molecule has 10 nitrogen and oxygen atoms in total. The second kappa shape index (κ2) is 35.8. The Bertz CT molecular complexity index is 1540. The van der Waals surface area contributed by atoms with Crippen LogP contribution in [0.2, 0.25) is 0 Å². The zero-order valence-corrected chi connectivity index (χ0v) is 43.0. The fourth-order valence-corrected chi connectivity index (χ4v) is 9.99. The van der Waals surface area contributed by atoms with E-state index in [1.165, 1.54) is 86.5 Å². The number of rotatable bonds is 35. The largest absolute Gasteiger partial charge is 0.480 e. The van der Waals surface area contributed by atoms with Gasteiger partial charge in [-0.2, -0.15) is 0 Å². The van der Waals surface area contributed by atoms with E-state index in [9.17, 15) is 29.7 Å². The molecule has 0 aliphatic carbocycles. The highest BCUT2D eigenvalue weighted by Crippen LogP contribution is 2.23. The first kappa shape index (κ1) is 58.0. The molecule has 0 radical (unpaired) electrons. The summed E-state index contributed by atoms with van der Waals surface area (Å²) in [7, 11) is 0. The first-order valence-corrected chi connectivity index (χ1v) is 27.4. The van der Waals surface area contributed by atoms with E-state index in [-0.39, 0.29) is 0 Å². The van der Waals surface area contributed by atoms with Crippen LogP contribution in [0.15, 0.2) is 48.5 Å². The van der Waals surface area contributed by atoms with Gasteiger partial charge in [0.25, 0.3) is 0 Å². The maximum absolute atomic E-state index is 13.1. The van der Waals surface area contributed by atoms with Gasteiger partial charge in [-0.05, 0) is 60.8 Å². The summed E-state index contributed by atoms with van der Waals surface area (Å²) in [6.45, 7) is 13.7. The molecule has 67 heavy (non-hydrogen) atoms. The minimum absolute atomic E-state index is 0.421. The molecule has 3 unspecified atom stereocenters. The first-order chi connectivity index (χ1) is 32.6. The average Bonchev–Trinajstić information content (AvgIpc) is 3.32. The highest BCUT2D eigenvalue weighted by Gasteiger charge is 2.32. The van der Waals surface area contributed by atoms with Crippen LogP contribution in [0.3, 0.4) is 0 Å². The number of hydrogen-bond acceptors (Lipinski definition) is 7. The Labute approximate surface area is 408 Å². The molecule has 3 N–H and O–H groups in total. The summed E-state index contributed by atoms with van der Waals surface area (Å²) in [6.07, 6.45) is 26.7. The molecule has 0 amide bonds. The zero-order chi connectivity index (χ0) is 48.5. The van der Waals surface area contributed by atoms with Crippen molar-refractivity contribution in [3.05, 3.63) is 59.7 Å². The van der Waals surface area contributed by atoms with Gasteiger partial charge >= 0.3 is 17.9 Å². The van der Waals surface area contributed by atoms with Gasteiger partial charge in [0, 0.05) is 58.9 Å². The van der Waals surface area contributed by atoms with Crippen molar-refractivity contribution in [3.63, 3.8) is 0 Å². The van der Waals surface area contributed by atoms with Gasteiger partial charge in [0.15, 0.2) is 0 Å². The van der Waals surface area contributed by atoms with Gasteiger partial charge in [0.1, 0.15) is 18.1 Å². The van der Waals surface area contributed by atoms with Crippen LogP contribution in [0.25, 0.3) is 11.1 Å². The molecule has 0 spiro atoms. The standard InChI is InChI=1S/C57H96N4O6/c1-5-9-13-16-19-23-27-52(55(62)63)59-42-40-58(39-38-49-32-36-51(37-33-49)50-34-30-48(31-35-50)26-22-12-8-4)41-43-60(53(56(64)65)28-24-20-17-14-10-6-2)45-47-61(46-44-59)54(57(66)67)29-25-21-18-15-11-7-3/h30-37,52-54H,5-29,38-47H2,1-4H3,(H,62,63)(H,64,65)(H,66,67). The van der Waals surface area contributed by atoms with Gasteiger partial charge in [-0.25, -0.2) is 0 Å². The third-order valence-electron chi connectivity index (χ3n) is 14.5. The number of aliphatic carboxylic acids is 3. The number of hydrogen-bond donors (Lipinski definition) is 3. The summed E-state index contributed by atoms with van der Waals surface area (Å²) >= 11 is 0. The molecule has 1 saturated heterocycles. The topological polar surface area (TPSA) is 125 Å². The van der Waals surface area contributed by atoms with Crippen LogP contribution in [-0.4, -0.2) is 130 Å². The number of carboxylic acids is 3. The Balaban J connectivity index is 1.90. The quantitative estimate of drug-likeness (QED) is 0.0575. The molecule has 0 aromatic heterocycles. The lowest BCUT2D eigenvalue weighted by atomic mass is 10.00. The average molecular weight is 933 g/mol. The van der Waals surface area contributed by atoms with Gasteiger partial charge in [-0.1, -0.05) is 205 Å². The van der Waals surface area contributed by atoms with Crippen LogP contribution in [0, 0.1) is 0 Å².